The van der Waals surface area contributed by atoms with E-state index in [-0.39, 0.29) is 0 Å². The number of aryl methyl sites for hydroxylation is 2. The molecular weight excluding hydrogens is 182 g/mol. The van der Waals surface area contributed by atoms with Crippen molar-refractivity contribution in [3.8, 4) is 0 Å². The molecule has 0 saturated heterocycles. The van der Waals surface area contributed by atoms with Gasteiger partial charge in [0, 0.05) is 0 Å². The van der Waals surface area contributed by atoms with Crippen LogP contribution in [0.4, 0.5) is 0 Å². The first kappa shape index (κ1) is 8.51. The fraction of sp³-hybridized carbons (Fsp3) is 0.300. The van der Waals surface area contributed by atoms with Crippen molar-refractivity contribution in [3.63, 3.8) is 0 Å². The summed E-state index contributed by atoms with van der Waals surface area (Å²) in [4.78, 5) is 3.49. The molecule has 2 rings (SSSR count). The molecule has 1 aromatic heterocycles. The molecule has 0 aliphatic rings. The molecule has 3 heteroatoms. The lowest BCUT2D eigenvalue weighted by molar-refractivity contribution is 0.583. The minimum Gasteiger partial charge on any atom is -0.429 e. The number of oxazole rings is 1. The van der Waals surface area contributed by atoms with Gasteiger partial charge in [-0.1, -0.05) is 0 Å². The van der Waals surface area contributed by atoms with Crippen LogP contribution < -0.4 is 0 Å². The van der Waals surface area contributed by atoms with Crippen LogP contribution in [0.5, 0.6) is 0 Å². The summed E-state index contributed by atoms with van der Waals surface area (Å²) in [6, 6.07) is 2.02. The van der Waals surface area contributed by atoms with Gasteiger partial charge in [0.15, 0.2) is 5.58 Å². The van der Waals surface area contributed by atoms with E-state index < -0.39 is 0 Å². The van der Waals surface area contributed by atoms with Crippen LogP contribution in [0.1, 0.15) is 16.7 Å². The summed E-state index contributed by atoms with van der Waals surface area (Å²) >= 11 is 4.94. The SMILES string of the molecule is Cc1cc2oc(=S)[nH]c2c(C)c1C. The second-order valence-corrected chi connectivity index (χ2v) is 3.70. The number of hydrogen-bond donors (Lipinski definition) is 1. The number of rotatable bonds is 0. The van der Waals surface area contributed by atoms with Gasteiger partial charge in [-0.25, -0.2) is 0 Å². The van der Waals surface area contributed by atoms with Crippen molar-refractivity contribution in [2.45, 2.75) is 20.8 Å². The van der Waals surface area contributed by atoms with E-state index in [1.807, 2.05) is 6.07 Å². The van der Waals surface area contributed by atoms with E-state index in [1.54, 1.807) is 0 Å². The lowest BCUT2D eigenvalue weighted by Crippen LogP contribution is -1.87. The van der Waals surface area contributed by atoms with E-state index in [1.165, 1.54) is 16.7 Å². The summed E-state index contributed by atoms with van der Waals surface area (Å²) in [6.07, 6.45) is 0. The Bertz CT molecular complexity index is 521. The topological polar surface area (TPSA) is 28.9 Å². The lowest BCUT2D eigenvalue weighted by Gasteiger charge is -2.03. The molecule has 1 heterocycles. The molecule has 2 aromatic rings. The van der Waals surface area contributed by atoms with Crippen LogP contribution >= 0.6 is 12.2 Å². The van der Waals surface area contributed by atoms with Crippen LogP contribution in [-0.2, 0) is 0 Å². The Labute approximate surface area is 81.6 Å². The van der Waals surface area contributed by atoms with E-state index in [9.17, 15) is 0 Å². The van der Waals surface area contributed by atoms with Crippen LogP contribution in [0.25, 0.3) is 11.1 Å². The van der Waals surface area contributed by atoms with Crippen LogP contribution in [0, 0.1) is 25.6 Å². The van der Waals surface area contributed by atoms with Gasteiger partial charge in [-0.2, -0.15) is 0 Å². The first-order valence-corrected chi connectivity index (χ1v) is 4.60. The number of nitrogens with one attached hydrogen (secondary N) is 1. The molecule has 0 aliphatic carbocycles. The van der Waals surface area contributed by atoms with Gasteiger partial charge >= 0.3 is 0 Å². The van der Waals surface area contributed by atoms with Gasteiger partial charge in [0.2, 0.25) is 0 Å². The van der Waals surface area contributed by atoms with Crippen LogP contribution in [-0.4, -0.2) is 4.98 Å². The summed E-state index contributed by atoms with van der Waals surface area (Å²) in [5, 5.41) is 0. The van der Waals surface area contributed by atoms with Crippen molar-refractivity contribution in [1.82, 2.24) is 4.98 Å². The van der Waals surface area contributed by atoms with E-state index in [0.717, 1.165) is 11.1 Å². The third kappa shape index (κ3) is 1.20. The number of H-pyrrole nitrogens is 1. The molecule has 0 bridgehead atoms. The molecule has 13 heavy (non-hydrogen) atoms. The highest BCUT2D eigenvalue weighted by molar-refractivity contribution is 7.71. The smallest absolute Gasteiger partial charge is 0.266 e. The van der Waals surface area contributed by atoms with Crippen molar-refractivity contribution >= 4 is 23.3 Å². The van der Waals surface area contributed by atoms with Crippen LogP contribution in [0.15, 0.2) is 10.5 Å². The zero-order chi connectivity index (χ0) is 9.59. The molecule has 0 fully saturated rings. The van der Waals surface area contributed by atoms with Gasteiger partial charge < -0.3 is 9.40 Å². The Morgan fingerprint density at radius 2 is 1.92 bits per heavy atom. The van der Waals surface area contributed by atoms with E-state index in [4.69, 9.17) is 16.6 Å². The number of benzene rings is 1. The Morgan fingerprint density at radius 3 is 2.62 bits per heavy atom. The van der Waals surface area contributed by atoms with E-state index in [0.29, 0.717) is 4.84 Å². The quantitative estimate of drug-likeness (QED) is 0.649. The Hall–Kier alpha value is -1.09. The lowest BCUT2D eigenvalue weighted by atomic mass is 10.0. The summed E-state index contributed by atoms with van der Waals surface area (Å²) in [7, 11) is 0. The zero-order valence-electron chi connectivity index (χ0n) is 7.89. The predicted octanol–water partition coefficient (Wildman–Crippen LogP) is 3.42. The summed E-state index contributed by atoms with van der Waals surface area (Å²) in [6.45, 7) is 6.26. The van der Waals surface area contributed by atoms with Gasteiger partial charge in [-0.3, -0.25) is 0 Å². The molecular formula is C10H11NOS. The summed E-state index contributed by atoms with van der Waals surface area (Å²) in [5.41, 5.74) is 5.62. The minimum atomic E-state index is 0.447. The van der Waals surface area contributed by atoms with Crippen molar-refractivity contribution in [2.75, 3.05) is 0 Å². The van der Waals surface area contributed by atoms with Crippen LogP contribution in [0.2, 0.25) is 0 Å². The van der Waals surface area contributed by atoms with E-state index >= 15 is 0 Å². The van der Waals surface area contributed by atoms with Crippen molar-refractivity contribution in [3.05, 3.63) is 27.6 Å². The highest BCUT2D eigenvalue weighted by Crippen LogP contribution is 2.23. The van der Waals surface area contributed by atoms with Gasteiger partial charge in [0.05, 0.1) is 5.52 Å². The van der Waals surface area contributed by atoms with Crippen molar-refractivity contribution in [1.29, 1.82) is 0 Å². The van der Waals surface area contributed by atoms with Crippen molar-refractivity contribution < 1.29 is 4.42 Å². The van der Waals surface area contributed by atoms with Gasteiger partial charge in [0.1, 0.15) is 0 Å². The molecule has 0 aliphatic heterocycles. The van der Waals surface area contributed by atoms with Gasteiger partial charge in [0.25, 0.3) is 4.84 Å². The maximum atomic E-state index is 5.34. The van der Waals surface area contributed by atoms with Crippen molar-refractivity contribution in [2.24, 2.45) is 0 Å². The highest BCUT2D eigenvalue weighted by atomic mass is 32.1. The average Bonchev–Trinajstić information content (AvgIpc) is 2.42. The molecule has 0 radical (unpaired) electrons. The molecule has 0 spiro atoms. The average molecular weight is 193 g/mol. The van der Waals surface area contributed by atoms with E-state index in [2.05, 4.69) is 25.8 Å². The highest BCUT2D eigenvalue weighted by Gasteiger charge is 2.06. The fourth-order valence-corrected chi connectivity index (χ4v) is 1.70. The van der Waals surface area contributed by atoms with Gasteiger partial charge in [-0.15, -0.1) is 0 Å². The monoisotopic (exact) mass is 193 g/mol. The molecule has 1 N–H and O–H groups in total. The summed E-state index contributed by atoms with van der Waals surface area (Å²) in [5.74, 6) is 0. The number of fused-ring (bicyclic) bond motifs is 1. The standard InChI is InChI=1S/C10H11NOS/c1-5-4-8-9(7(3)6(5)2)11-10(13)12-8/h4H,1-3H3,(H,11,13). The number of aromatic nitrogens is 1. The second-order valence-electron chi connectivity index (χ2n) is 3.33. The Balaban J connectivity index is 3.00. The number of hydrogen-bond acceptors (Lipinski definition) is 2. The maximum Gasteiger partial charge on any atom is 0.266 e. The molecule has 0 unspecified atom stereocenters. The third-order valence-corrected chi connectivity index (χ3v) is 2.74. The van der Waals surface area contributed by atoms with Gasteiger partial charge in [-0.05, 0) is 55.7 Å². The zero-order valence-corrected chi connectivity index (χ0v) is 8.71. The molecule has 2 nitrogen and oxygen atoms in total. The molecule has 0 saturated carbocycles. The fourth-order valence-electron chi connectivity index (χ4n) is 1.51. The predicted molar refractivity (Wildman–Crippen MR) is 55.6 cm³/mol. The third-order valence-electron chi connectivity index (χ3n) is 2.55. The molecule has 0 atom stereocenters. The Kier molecular flexibility index (Phi) is 1.77. The first-order valence-electron chi connectivity index (χ1n) is 4.19. The largest absolute Gasteiger partial charge is 0.429 e. The molecule has 68 valence electrons. The van der Waals surface area contributed by atoms with Crippen LogP contribution in [0.3, 0.4) is 0 Å². The summed E-state index contributed by atoms with van der Waals surface area (Å²) < 4.78 is 5.34. The maximum absolute atomic E-state index is 5.34. The normalized spacial score (nSPS) is 11.0. The minimum absolute atomic E-state index is 0.447. The molecule has 1 aromatic carbocycles. The molecule has 0 amide bonds. The Morgan fingerprint density at radius 1 is 1.23 bits per heavy atom. The number of aromatic amines is 1. The first-order chi connectivity index (χ1) is 6.09. The second kappa shape index (κ2) is 2.70.